The number of hydrogen-bond donors (Lipinski definition) is 1. The lowest BCUT2D eigenvalue weighted by Crippen LogP contribution is -2.45. The summed E-state index contributed by atoms with van der Waals surface area (Å²) in [6, 6.07) is 7.09. The van der Waals surface area contributed by atoms with E-state index in [0.717, 1.165) is 64.6 Å². The van der Waals surface area contributed by atoms with Crippen molar-refractivity contribution in [1.82, 2.24) is 15.2 Å². The molecule has 116 valence electrons. The van der Waals surface area contributed by atoms with Gasteiger partial charge < -0.3 is 14.8 Å². The Morgan fingerprint density at radius 3 is 2.62 bits per heavy atom. The molecule has 0 aromatic carbocycles. The van der Waals surface area contributed by atoms with Crippen molar-refractivity contribution in [2.24, 2.45) is 0 Å². The molecule has 0 amide bonds. The normalized spacial score (nSPS) is 23.0. The van der Waals surface area contributed by atoms with Gasteiger partial charge in [-0.3, -0.25) is 9.88 Å². The van der Waals surface area contributed by atoms with Crippen molar-refractivity contribution >= 4 is 0 Å². The summed E-state index contributed by atoms with van der Waals surface area (Å²) in [7, 11) is 0. The third kappa shape index (κ3) is 4.23. The minimum Gasteiger partial charge on any atom is -0.381 e. The predicted molar refractivity (Wildman–Crippen MR) is 81.2 cm³/mol. The number of rotatable bonds is 5. The van der Waals surface area contributed by atoms with Gasteiger partial charge in [-0.1, -0.05) is 6.07 Å². The third-order valence-corrected chi connectivity index (χ3v) is 4.34. The van der Waals surface area contributed by atoms with E-state index < -0.39 is 0 Å². The molecule has 0 radical (unpaired) electrons. The van der Waals surface area contributed by atoms with Gasteiger partial charge in [0.05, 0.1) is 24.9 Å². The number of nitrogens with zero attached hydrogens (tertiary/aromatic N) is 2. The molecule has 5 nitrogen and oxygen atoms in total. The molecule has 2 aliphatic heterocycles. The first-order valence-corrected chi connectivity index (χ1v) is 7.97. The van der Waals surface area contributed by atoms with Gasteiger partial charge in [0.15, 0.2) is 0 Å². The highest BCUT2D eigenvalue weighted by atomic mass is 16.5. The van der Waals surface area contributed by atoms with Gasteiger partial charge in [-0.05, 0) is 25.0 Å². The quantitative estimate of drug-likeness (QED) is 0.884. The Morgan fingerprint density at radius 1 is 1.14 bits per heavy atom. The molecule has 21 heavy (non-hydrogen) atoms. The SMILES string of the molecule is c1ccc([C@@H](CNC2CCOCC2)N2CCOCC2)nc1. The van der Waals surface area contributed by atoms with Crippen molar-refractivity contribution in [2.75, 3.05) is 46.1 Å². The van der Waals surface area contributed by atoms with Gasteiger partial charge in [-0.15, -0.1) is 0 Å². The molecule has 5 heteroatoms. The van der Waals surface area contributed by atoms with Crippen LogP contribution in [0.2, 0.25) is 0 Å². The highest BCUT2D eigenvalue weighted by Crippen LogP contribution is 2.20. The van der Waals surface area contributed by atoms with Crippen LogP contribution in [0.1, 0.15) is 24.6 Å². The van der Waals surface area contributed by atoms with Crippen LogP contribution in [0.15, 0.2) is 24.4 Å². The summed E-state index contributed by atoms with van der Waals surface area (Å²) in [5.41, 5.74) is 1.15. The van der Waals surface area contributed by atoms with E-state index >= 15 is 0 Å². The molecular weight excluding hydrogens is 266 g/mol. The van der Waals surface area contributed by atoms with Crippen LogP contribution in [-0.2, 0) is 9.47 Å². The molecular formula is C16H25N3O2. The van der Waals surface area contributed by atoms with Crippen LogP contribution in [0.4, 0.5) is 0 Å². The van der Waals surface area contributed by atoms with Crippen LogP contribution < -0.4 is 5.32 Å². The third-order valence-electron chi connectivity index (χ3n) is 4.34. The van der Waals surface area contributed by atoms with Crippen molar-refractivity contribution in [1.29, 1.82) is 0 Å². The largest absolute Gasteiger partial charge is 0.381 e. The van der Waals surface area contributed by atoms with Crippen LogP contribution in [0, 0.1) is 0 Å². The molecule has 2 saturated heterocycles. The average molecular weight is 291 g/mol. The average Bonchev–Trinajstić information content (AvgIpc) is 2.58. The Labute approximate surface area is 126 Å². The zero-order valence-corrected chi connectivity index (χ0v) is 12.5. The molecule has 1 aromatic rings. The molecule has 0 aliphatic carbocycles. The number of hydrogen-bond acceptors (Lipinski definition) is 5. The maximum atomic E-state index is 5.48. The van der Waals surface area contributed by atoms with Gasteiger partial charge in [-0.2, -0.15) is 0 Å². The summed E-state index contributed by atoms with van der Waals surface area (Å²) in [6.45, 7) is 6.31. The minimum absolute atomic E-state index is 0.331. The lowest BCUT2D eigenvalue weighted by atomic mass is 10.1. The summed E-state index contributed by atoms with van der Waals surface area (Å²) < 4.78 is 10.9. The molecule has 1 aromatic heterocycles. The van der Waals surface area contributed by atoms with E-state index in [2.05, 4.69) is 27.3 Å². The fourth-order valence-corrected chi connectivity index (χ4v) is 3.06. The Kier molecular flexibility index (Phi) is 5.57. The summed E-state index contributed by atoms with van der Waals surface area (Å²) in [4.78, 5) is 7.06. The maximum Gasteiger partial charge on any atom is 0.0648 e. The van der Waals surface area contributed by atoms with Crippen molar-refractivity contribution in [3.05, 3.63) is 30.1 Å². The van der Waals surface area contributed by atoms with E-state index in [1.165, 1.54) is 0 Å². The van der Waals surface area contributed by atoms with Gasteiger partial charge in [0, 0.05) is 45.1 Å². The Hall–Kier alpha value is -1.01. The summed E-state index contributed by atoms with van der Waals surface area (Å²) in [6.07, 6.45) is 4.10. The zero-order valence-electron chi connectivity index (χ0n) is 12.5. The van der Waals surface area contributed by atoms with Crippen molar-refractivity contribution < 1.29 is 9.47 Å². The van der Waals surface area contributed by atoms with Gasteiger partial charge in [0.25, 0.3) is 0 Å². The second-order valence-electron chi connectivity index (χ2n) is 5.71. The van der Waals surface area contributed by atoms with E-state index in [9.17, 15) is 0 Å². The van der Waals surface area contributed by atoms with Crippen LogP contribution in [0.25, 0.3) is 0 Å². The van der Waals surface area contributed by atoms with Crippen LogP contribution in [0.5, 0.6) is 0 Å². The molecule has 0 bridgehead atoms. The van der Waals surface area contributed by atoms with E-state index in [-0.39, 0.29) is 0 Å². The van der Waals surface area contributed by atoms with E-state index in [4.69, 9.17) is 9.47 Å². The monoisotopic (exact) mass is 291 g/mol. The molecule has 3 heterocycles. The molecule has 3 rings (SSSR count). The highest BCUT2D eigenvalue weighted by molar-refractivity contribution is 5.10. The first kappa shape index (κ1) is 14.9. The molecule has 0 spiro atoms. The number of aromatic nitrogens is 1. The van der Waals surface area contributed by atoms with Gasteiger partial charge in [-0.25, -0.2) is 0 Å². The number of pyridine rings is 1. The first-order chi connectivity index (χ1) is 10.4. The van der Waals surface area contributed by atoms with Gasteiger partial charge >= 0.3 is 0 Å². The Bertz CT molecular complexity index is 403. The number of morpholine rings is 1. The van der Waals surface area contributed by atoms with E-state index in [1.54, 1.807) is 0 Å². The van der Waals surface area contributed by atoms with E-state index in [0.29, 0.717) is 12.1 Å². The van der Waals surface area contributed by atoms with Crippen molar-refractivity contribution in [3.8, 4) is 0 Å². The second kappa shape index (κ2) is 7.84. The topological polar surface area (TPSA) is 46.6 Å². The van der Waals surface area contributed by atoms with Gasteiger partial charge in [0.1, 0.15) is 0 Å². The summed E-state index contributed by atoms with van der Waals surface area (Å²) in [5.74, 6) is 0. The molecule has 2 aliphatic rings. The maximum absolute atomic E-state index is 5.48. The number of nitrogens with one attached hydrogen (secondary N) is 1. The fourth-order valence-electron chi connectivity index (χ4n) is 3.06. The lowest BCUT2D eigenvalue weighted by molar-refractivity contribution is 0.0130. The predicted octanol–water partition coefficient (Wildman–Crippen LogP) is 1.22. The first-order valence-electron chi connectivity index (χ1n) is 7.97. The molecule has 1 atom stereocenters. The summed E-state index contributed by atoms with van der Waals surface area (Å²) in [5, 5.41) is 3.71. The number of ether oxygens (including phenoxy) is 2. The van der Waals surface area contributed by atoms with Crippen LogP contribution in [0.3, 0.4) is 0 Å². The fraction of sp³-hybridized carbons (Fsp3) is 0.688. The van der Waals surface area contributed by atoms with Gasteiger partial charge in [0.2, 0.25) is 0 Å². The molecule has 1 N–H and O–H groups in total. The highest BCUT2D eigenvalue weighted by Gasteiger charge is 2.24. The molecule has 0 saturated carbocycles. The van der Waals surface area contributed by atoms with Crippen LogP contribution >= 0.6 is 0 Å². The van der Waals surface area contributed by atoms with Crippen LogP contribution in [-0.4, -0.2) is 62.0 Å². The van der Waals surface area contributed by atoms with Crippen molar-refractivity contribution in [3.63, 3.8) is 0 Å². The minimum atomic E-state index is 0.331. The smallest absolute Gasteiger partial charge is 0.0648 e. The lowest BCUT2D eigenvalue weighted by Gasteiger charge is -2.35. The Balaban J connectivity index is 1.63. The molecule has 2 fully saturated rings. The zero-order chi connectivity index (χ0) is 14.3. The Morgan fingerprint density at radius 2 is 1.90 bits per heavy atom. The second-order valence-corrected chi connectivity index (χ2v) is 5.71. The van der Waals surface area contributed by atoms with Crippen molar-refractivity contribution in [2.45, 2.75) is 24.9 Å². The standard InChI is InChI=1S/C16H25N3O2/c1-2-6-17-15(3-1)16(19-7-11-21-12-8-19)13-18-14-4-9-20-10-5-14/h1-3,6,14,16,18H,4-5,7-13H2/t16-/m1/s1. The van der Waals surface area contributed by atoms with E-state index in [1.807, 2.05) is 12.3 Å². The molecule has 0 unspecified atom stereocenters. The summed E-state index contributed by atoms with van der Waals surface area (Å²) >= 11 is 0.